The summed E-state index contributed by atoms with van der Waals surface area (Å²) in [5.41, 5.74) is 4.71. The van der Waals surface area contributed by atoms with Crippen molar-refractivity contribution in [2.75, 3.05) is 19.6 Å². The van der Waals surface area contributed by atoms with Gasteiger partial charge in [-0.1, -0.05) is 0 Å². The van der Waals surface area contributed by atoms with Gasteiger partial charge in [0.15, 0.2) is 0 Å². The standard InChI is InChI=1S/C9H14N2O5/c10-5-9(1-2-9)8(16)11(3-6(12)13)4-7(14)15/h1-5,10H2,(H,12,13)(H,14,15). The van der Waals surface area contributed by atoms with Gasteiger partial charge < -0.3 is 20.8 Å². The summed E-state index contributed by atoms with van der Waals surface area (Å²) in [6, 6.07) is 0. The maximum atomic E-state index is 11.8. The minimum atomic E-state index is -1.23. The van der Waals surface area contributed by atoms with Crippen LogP contribution in [0.15, 0.2) is 0 Å². The first-order chi connectivity index (χ1) is 7.41. The highest BCUT2D eigenvalue weighted by molar-refractivity contribution is 5.90. The van der Waals surface area contributed by atoms with Crippen molar-refractivity contribution in [3.63, 3.8) is 0 Å². The predicted molar refractivity (Wildman–Crippen MR) is 52.6 cm³/mol. The van der Waals surface area contributed by atoms with Crippen molar-refractivity contribution in [1.29, 1.82) is 0 Å². The van der Waals surface area contributed by atoms with E-state index >= 15 is 0 Å². The van der Waals surface area contributed by atoms with Gasteiger partial charge in [-0.2, -0.15) is 0 Å². The van der Waals surface area contributed by atoms with Gasteiger partial charge in [-0.15, -0.1) is 0 Å². The second kappa shape index (κ2) is 4.48. The molecule has 1 saturated carbocycles. The van der Waals surface area contributed by atoms with Crippen molar-refractivity contribution >= 4 is 17.8 Å². The van der Waals surface area contributed by atoms with Crippen molar-refractivity contribution in [1.82, 2.24) is 4.90 Å². The van der Waals surface area contributed by atoms with Gasteiger partial charge in [0, 0.05) is 6.54 Å². The van der Waals surface area contributed by atoms with Crippen LogP contribution in [-0.2, 0) is 14.4 Å². The number of carbonyl (C=O) groups is 3. The molecule has 0 radical (unpaired) electrons. The second-order valence-electron chi connectivity index (χ2n) is 3.93. The zero-order valence-corrected chi connectivity index (χ0v) is 8.68. The Balaban J connectivity index is 2.71. The van der Waals surface area contributed by atoms with Crippen LogP contribution in [0.4, 0.5) is 0 Å². The van der Waals surface area contributed by atoms with Crippen LogP contribution >= 0.6 is 0 Å². The third-order valence-electron chi connectivity index (χ3n) is 2.64. The van der Waals surface area contributed by atoms with Crippen molar-refractivity contribution < 1.29 is 24.6 Å². The third-order valence-corrected chi connectivity index (χ3v) is 2.64. The monoisotopic (exact) mass is 230 g/mol. The number of nitrogens with zero attached hydrogens (tertiary/aromatic N) is 1. The molecule has 1 rings (SSSR count). The summed E-state index contributed by atoms with van der Waals surface area (Å²) in [5.74, 6) is -2.94. The Morgan fingerprint density at radius 2 is 1.56 bits per heavy atom. The lowest BCUT2D eigenvalue weighted by atomic mass is 10.1. The Morgan fingerprint density at radius 1 is 1.12 bits per heavy atom. The molecule has 0 saturated heterocycles. The topological polar surface area (TPSA) is 121 Å². The molecular weight excluding hydrogens is 216 g/mol. The van der Waals surface area contributed by atoms with Crippen LogP contribution in [0.2, 0.25) is 0 Å². The van der Waals surface area contributed by atoms with E-state index in [1.165, 1.54) is 0 Å². The van der Waals surface area contributed by atoms with E-state index in [0.29, 0.717) is 12.8 Å². The van der Waals surface area contributed by atoms with Gasteiger partial charge in [-0.25, -0.2) is 0 Å². The summed E-state index contributed by atoms with van der Waals surface area (Å²) in [6.07, 6.45) is 1.19. The number of carbonyl (C=O) groups excluding carboxylic acids is 1. The molecule has 0 aromatic heterocycles. The van der Waals surface area contributed by atoms with Crippen LogP contribution in [0.3, 0.4) is 0 Å². The Bertz CT molecular complexity index is 308. The fraction of sp³-hybridized carbons (Fsp3) is 0.667. The number of hydrogen-bond acceptors (Lipinski definition) is 4. The van der Waals surface area contributed by atoms with E-state index < -0.39 is 36.4 Å². The van der Waals surface area contributed by atoms with Gasteiger partial charge in [0.05, 0.1) is 5.41 Å². The van der Waals surface area contributed by atoms with Crippen LogP contribution in [0.1, 0.15) is 12.8 Å². The van der Waals surface area contributed by atoms with E-state index in [1.54, 1.807) is 0 Å². The molecule has 4 N–H and O–H groups in total. The van der Waals surface area contributed by atoms with Gasteiger partial charge in [0.2, 0.25) is 5.91 Å². The van der Waals surface area contributed by atoms with E-state index in [1.807, 2.05) is 0 Å². The molecule has 1 fully saturated rings. The average molecular weight is 230 g/mol. The Labute approximate surface area is 91.8 Å². The Hall–Kier alpha value is -1.63. The first kappa shape index (κ1) is 12.4. The van der Waals surface area contributed by atoms with Crippen molar-refractivity contribution in [2.45, 2.75) is 12.8 Å². The van der Waals surface area contributed by atoms with Crippen LogP contribution in [0, 0.1) is 5.41 Å². The Kier molecular flexibility index (Phi) is 3.48. The molecule has 0 bridgehead atoms. The highest BCUT2D eigenvalue weighted by atomic mass is 16.4. The van der Waals surface area contributed by atoms with Crippen LogP contribution in [0.25, 0.3) is 0 Å². The summed E-state index contributed by atoms with van der Waals surface area (Å²) in [7, 11) is 0. The molecule has 0 aromatic rings. The molecule has 1 amide bonds. The molecule has 0 spiro atoms. The predicted octanol–water partition coefficient (Wildman–Crippen LogP) is -1.28. The molecule has 0 heterocycles. The lowest BCUT2D eigenvalue weighted by molar-refractivity contribution is -0.151. The van der Waals surface area contributed by atoms with Crippen molar-refractivity contribution in [3.05, 3.63) is 0 Å². The van der Waals surface area contributed by atoms with Gasteiger partial charge >= 0.3 is 11.9 Å². The van der Waals surface area contributed by atoms with Crippen molar-refractivity contribution in [2.24, 2.45) is 11.1 Å². The summed E-state index contributed by atoms with van der Waals surface area (Å²) < 4.78 is 0. The van der Waals surface area contributed by atoms with E-state index in [9.17, 15) is 14.4 Å². The fourth-order valence-electron chi connectivity index (χ4n) is 1.52. The van der Waals surface area contributed by atoms with E-state index in [4.69, 9.17) is 15.9 Å². The highest BCUT2D eigenvalue weighted by Crippen LogP contribution is 2.46. The molecule has 1 aliphatic rings. The van der Waals surface area contributed by atoms with E-state index in [0.717, 1.165) is 4.90 Å². The van der Waals surface area contributed by atoms with Gasteiger partial charge in [-0.05, 0) is 12.8 Å². The lowest BCUT2D eigenvalue weighted by Crippen LogP contribution is -2.45. The van der Waals surface area contributed by atoms with Crippen LogP contribution in [-0.4, -0.2) is 52.6 Å². The maximum absolute atomic E-state index is 11.8. The van der Waals surface area contributed by atoms with Gasteiger partial charge in [0.1, 0.15) is 13.1 Å². The Morgan fingerprint density at radius 3 is 1.81 bits per heavy atom. The maximum Gasteiger partial charge on any atom is 0.323 e. The van der Waals surface area contributed by atoms with Crippen molar-refractivity contribution in [3.8, 4) is 0 Å². The first-order valence-corrected chi connectivity index (χ1v) is 4.84. The summed E-state index contributed by atoms with van der Waals surface area (Å²) in [5, 5.41) is 17.2. The number of carboxylic acid groups (broad SMARTS) is 2. The highest BCUT2D eigenvalue weighted by Gasteiger charge is 2.50. The molecular formula is C9H14N2O5. The van der Waals surface area contributed by atoms with Gasteiger partial charge in [0.25, 0.3) is 0 Å². The number of carboxylic acids is 2. The second-order valence-corrected chi connectivity index (χ2v) is 3.93. The van der Waals surface area contributed by atoms with Crippen LogP contribution < -0.4 is 5.73 Å². The summed E-state index contributed by atoms with van der Waals surface area (Å²) in [6.45, 7) is -1.08. The van der Waals surface area contributed by atoms with Crippen LogP contribution in [0.5, 0.6) is 0 Å². The molecule has 0 aliphatic heterocycles. The third kappa shape index (κ3) is 2.69. The summed E-state index contributed by atoms with van der Waals surface area (Å²) >= 11 is 0. The normalized spacial score (nSPS) is 16.6. The lowest BCUT2D eigenvalue weighted by Gasteiger charge is -2.23. The number of rotatable bonds is 6. The summed E-state index contributed by atoms with van der Waals surface area (Å²) in [4.78, 5) is 33.7. The molecule has 16 heavy (non-hydrogen) atoms. The van der Waals surface area contributed by atoms with Gasteiger partial charge in [-0.3, -0.25) is 14.4 Å². The quantitative estimate of drug-likeness (QED) is 0.522. The van der Waals surface area contributed by atoms with E-state index in [-0.39, 0.29) is 6.54 Å². The molecule has 7 heteroatoms. The number of aliphatic carboxylic acids is 2. The minimum Gasteiger partial charge on any atom is -0.480 e. The zero-order valence-electron chi connectivity index (χ0n) is 8.68. The number of amides is 1. The largest absolute Gasteiger partial charge is 0.480 e. The first-order valence-electron chi connectivity index (χ1n) is 4.84. The molecule has 0 unspecified atom stereocenters. The molecule has 0 aromatic carbocycles. The zero-order chi connectivity index (χ0) is 12.3. The molecule has 0 atom stereocenters. The minimum absolute atomic E-state index is 0.127. The smallest absolute Gasteiger partial charge is 0.323 e. The molecule has 7 nitrogen and oxygen atoms in total. The molecule has 90 valence electrons. The van der Waals surface area contributed by atoms with E-state index in [2.05, 4.69) is 0 Å². The number of hydrogen-bond donors (Lipinski definition) is 3. The average Bonchev–Trinajstić information content (AvgIpc) is 2.94. The number of nitrogens with two attached hydrogens (primary N) is 1. The SMILES string of the molecule is NCC1(C(=O)N(CC(=O)O)CC(=O)O)CC1. The fourth-order valence-corrected chi connectivity index (χ4v) is 1.52. The molecule has 1 aliphatic carbocycles.